The van der Waals surface area contributed by atoms with E-state index in [-0.39, 0.29) is 17.3 Å². The molecule has 1 atom stereocenters. The second-order valence-electron chi connectivity index (χ2n) is 9.60. The Labute approximate surface area is 179 Å². The summed E-state index contributed by atoms with van der Waals surface area (Å²) in [6, 6.07) is 14.8. The summed E-state index contributed by atoms with van der Waals surface area (Å²) < 4.78 is 13.3. The Balaban J connectivity index is 1.69. The first kappa shape index (κ1) is 21.0. The number of amides is 1. The molecule has 2 aromatic rings. The van der Waals surface area contributed by atoms with E-state index in [1.54, 1.807) is 12.1 Å². The van der Waals surface area contributed by atoms with E-state index in [0.717, 1.165) is 55.7 Å². The first-order valence-electron chi connectivity index (χ1n) is 11.3. The van der Waals surface area contributed by atoms with Crippen LogP contribution in [0.1, 0.15) is 46.5 Å². The number of carbonyl (C=O) groups excluding carboxylic acids is 1. The Bertz CT molecular complexity index is 869. The molecule has 3 fully saturated rings. The predicted molar refractivity (Wildman–Crippen MR) is 121 cm³/mol. The quantitative estimate of drug-likeness (QED) is 0.629. The minimum absolute atomic E-state index is 0.158. The van der Waals surface area contributed by atoms with Crippen molar-refractivity contribution in [2.24, 2.45) is 11.8 Å². The molecule has 0 saturated carbocycles. The zero-order valence-corrected chi connectivity index (χ0v) is 18.4. The molecule has 4 heteroatoms. The number of hydrogen-bond donors (Lipinski definition) is 0. The Morgan fingerprint density at radius 1 is 1.03 bits per heavy atom. The highest BCUT2D eigenvalue weighted by molar-refractivity contribution is 5.95. The van der Waals surface area contributed by atoms with Crippen molar-refractivity contribution in [1.29, 1.82) is 0 Å². The second kappa shape index (κ2) is 8.50. The minimum atomic E-state index is -0.229. The van der Waals surface area contributed by atoms with Crippen LogP contribution in [-0.4, -0.2) is 36.0 Å². The number of piperidine rings is 1. The Morgan fingerprint density at radius 3 is 2.17 bits per heavy atom. The van der Waals surface area contributed by atoms with Gasteiger partial charge in [-0.1, -0.05) is 38.1 Å². The molecule has 2 bridgehead atoms. The third kappa shape index (κ3) is 4.15. The van der Waals surface area contributed by atoms with Crippen LogP contribution >= 0.6 is 0 Å². The molecule has 0 radical (unpaired) electrons. The van der Waals surface area contributed by atoms with Crippen molar-refractivity contribution in [3.8, 4) is 11.1 Å². The lowest BCUT2D eigenvalue weighted by atomic mass is 9.77. The average molecular weight is 409 g/mol. The van der Waals surface area contributed by atoms with E-state index in [2.05, 4.69) is 54.8 Å². The maximum Gasteiger partial charge on any atom is 0.227 e. The first-order chi connectivity index (χ1) is 14.4. The third-order valence-electron chi connectivity index (χ3n) is 7.05. The monoisotopic (exact) mass is 408 g/mol. The van der Waals surface area contributed by atoms with E-state index in [0.29, 0.717) is 18.3 Å². The minimum Gasteiger partial charge on any atom is -0.306 e. The van der Waals surface area contributed by atoms with Crippen LogP contribution in [0.4, 0.5) is 10.1 Å². The average Bonchev–Trinajstić information content (AvgIpc) is 2.98. The van der Waals surface area contributed by atoms with Gasteiger partial charge < -0.3 is 9.80 Å². The van der Waals surface area contributed by atoms with Crippen LogP contribution < -0.4 is 4.90 Å². The molecule has 5 rings (SSSR count). The van der Waals surface area contributed by atoms with Gasteiger partial charge in [-0.3, -0.25) is 4.79 Å². The third-order valence-corrected chi connectivity index (χ3v) is 7.05. The fraction of sp³-hybridized carbons (Fsp3) is 0.500. The zero-order chi connectivity index (χ0) is 21.3. The molecule has 30 heavy (non-hydrogen) atoms. The highest BCUT2D eigenvalue weighted by atomic mass is 19.1. The Hall–Kier alpha value is -2.20. The molecule has 0 aliphatic carbocycles. The molecular weight excluding hydrogens is 375 g/mol. The van der Waals surface area contributed by atoms with Gasteiger partial charge in [0.25, 0.3) is 0 Å². The molecule has 160 valence electrons. The van der Waals surface area contributed by atoms with Crippen molar-refractivity contribution in [1.82, 2.24) is 4.90 Å². The van der Waals surface area contributed by atoms with Gasteiger partial charge in [-0.15, -0.1) is 0 Å². The van der Waals surface area contributed by atoms with Crippen molar-refractivity contribution < 1.29 is 9.18 Å². The zero-order valence-electron chi connectivity index (χ0n) is 18.4. The van der Waals surface area contributed by atoms with Gasteiger partial charge >= 0.3 is 0 Å². The molecule has 1 amide bonds. The van der Waals surface area contributed by atoms with E-state index in [4.69, 9.17) is 0 Å². The maximum atomic E-state index is 13.5. The van der Waals surface area contributed by atoms with Crippen molar-refractivity contribution in [2.75, 3.05) is 24.5 Å². The molecule has 1 unspecified atom stereocenters. The lowest BCUT2D eigenvalue weighted by molar-refractivity contribution is -0.121. The number of fused-ring (bicyclic) bond motifs is 4. The fourth-order valence-electron chi connectivity index (χ4n) is 5.27. The summed E-state index contributed by atoms with van der Waals surface area (Å²) in [5.41, 5.74) is 2.84. The smallest absolute Gasteiger partial charge is 0.227 e. The van der Waals surface area contributed by atoms with E-state index in [1.807, 2.05) is 0 Å². The lowest BCUT2D eigenvalue weighted by Crippen LogP contribution is -2.55. The van der Waals surface area contributed by atoms with Crippen LogP contribution in [0.2, 0.25) is 0 Å². The van der Waals surface area contributed by atoms with Crippen LogP contribution in [0.3, 0.4) is 0 Å². The molecule has 3 nitrogen and oxygen atoms in total. The van der Waals surface area contributed by atoms with E-state index < -0.39 is 0 Å². The summed E-state index contributed by atoms with van der Waals surface area (Å²) >= 11 is 0. The van der Waals surface area contributed by atoms with Gasteiger partial charge in [0.1, 0.15) is 5.82 Å². The summed E-state index contributed by atoms with van der Waals surface area (Å²) in [6.07, 6.45) is 3.90. The van der Waals surface area contributed by atoms with Crippen LogP contribution in [0.15, 0.2) is 48.5 Å². The van der Waals surface area contributed by atoms with E-state index in [9.17, 15) is 9.18 Å². The van der Waals surface area contributed by atoms with Crippen LogP contribution in [-0.2, 0) is 4.79 Å². The van der Waals surface area contributed by atoms with E-state index in [1.165, 1.54) is 12.1 Å². The molecule has 3 aliphatic rings. The first-order valence-corrected chi connectivity index (χ1v) is 11.3. The fourth-order valence-corrected chi connectivity index (χ4v) is 5.27. The van der Waals surface area contributed by atoms with Gasteiger partial charge in [0, 0.05) is 24.2 Å². The van der Waals surface area contributed by atoms with Gasteiger partial charge in [-0.25, -0.2) is 4.39 Å². The molecule has 2 aromatic carbocycles. The highest BCUT2D eigenvalue weighted by Gasteiger charge is 2.46. The number of halogens is 1. The van der Waals surface area contributed by atoms with Crippen molar-refractivity contribution in [3.05, 3.63) is 54.3 Å². The molecule has 0 N–H and O–H groups in total. The maximum absolute atomic E-state index is 13.5. The molecular formula is C26H33FN2O. The van der Waals surface area contributed by atoms with Gasteiger partial charge in [-0.2, -0.15) is 0 Å². The molecule has 3 heterocycles. The number of hydrogen-bond acceptors (Lipinski definition) is 2. The van der Waals surface area contributed by atoms with Gasteiger partial charge in [0.05, 0.1) is 0 Å². The van der Waals surface area contributed by atoms with Crippen molar-refractivity contribution in [3.63, 3.8) is 0 Å². The van der Waals surface area contributed by atoms with Crippen molar-refractivity contribution >= 4 is 11.6 Å². The van der Waals surface area contributed by atoms with Crippen LogP contribution in [0, 0.1) is 17.7 Å². The molecule has 3 aliphatic heterocycles. The molecule has 0 spiro atoms. The van der Waals surface area contributed by atoms with Gasteiger partial charge in [0.15, 0.2) is 0 Å². The summed E-state index contributed by atoms with van der Waals surface area (Å²) in [4.78, 5) is 18.2. The van der Waals surface area contributed by atoms with Gasteiger partial charge in [0.2, 0.25) is 5.91 Å². The number of benzene rings is 2. The second-order valence-corrected chi connectivity index (χ2v) is 9.60. The van der Waals surface area contributed by atoms with E-state index >= 15 is 0 Å². The number of anilines is 1. The van der Waals surface area contributed by atoms with Crippen LogP contribution in [0.5, 0.6) is 0 Å². The number of carbonyl (C=O) groups is 1. The largest absolute Gasteiger partial charge is 0.306 e. The molecule has 0 aromatic heterocycles. The number of nitrogens with zero attached hydrogens (tertiary/aromatic N) is 2. The topological polar surface area (TPSA) is 23.6 Å². The molecule has 3 saturated heterocycles. The summed E-state index contributed by atoms with van der Waals surface area (Å²) in [5.74, 6) is 0.854. The lowest BCUT2D eigenvalue weighted by Gasteiger charge is -2.46. The Morgan fingerprint density at radius 2 is 1.60 bits per heavy atom. The predicted octanol–water partition coefficient (Wildman–Crippen LogP) is 5.75. The number of rotatable bonds is 5. The van der Waals surface area contributed by atoms with Gasteiger partial charge in [-0.05, 0) is 86.5 Å². The summed E-state index contributed by atoms with van der Waals surface area (Å²) in [6.45, 7) is 9.89. The standard InChI is InChI=1S/C26H33FN2O/c1-19(2)18-25(30)29(26(3)14-17-28-15-12-22(26)13-16-28)24-10-6-21(7-11-24)20-4-8-23(27)9-5-20/h4-11,19,22H,12-18H2,1-3H3. The van der Waals surface area contributed by atoms with Crippen LogP contribution in [0.25, 0.3) is 11.1 Å². The normalized spacial score (nSPS) is 25.9. The van der Waals surface area contributed by atoms with Crippen molar-refractivity contribution in [2.45, 2.75) is 52.0 Å². The summed E-state index contributed by atoms with van der Waals surface area (Å²) in [7, 11) is 0. The Kier molecular flexibility index (Phi) is 5.97. The summed E-state index contributed by atoms with van der Waals surface area (Å²) in [5, 5.41) is 0. The SMILES string of the molecule is CC(C)CC(=O)N(c1ccc(-c2ccc(F)cc2)cc1)C1(C)CCN2CCC1CC2. The highest BCUT2D eigenvalue weighted by Crippen LogP contribution is 2.42.